The first kappa shape index (κ1) is 12.8. The Kier molecular flexibility index (Phi) is 3.46. The van der Waals surface area contributed by atoms with Gasteiger partial charge in [0.25, 0.3) is 5.91 Å². The molecule has 0 bridgehead atoms. The van der Waals surface area contributed by atoms with Gasteiger partial charge in [0.05, 0.1) is 18.4 Å². The zero-order chi connectivity index (χ0) is 13.9. The van der Waals surface area contributed by atoms with Crippen LogP contribution in [0.3, 0.4) is 0 Å². The van der Waals surface area contributed by atoms with Crippen LogP contribution >= 0.6 is 0 Å². The number of carbonyl (C=O) groups is 1. The van der Waals surface area contributed by atoms with Gasteiger partial charge in [-0.2, -0.15) is 5.10 Å². The second-order valence-corrected chi connectivity index (χ2v) is 4.86. The Morgan fingerprint density at radius 3 is 2.95 bits per heavy atom. The van der Waals surface area contributed by atoms with Crippen molar-refractivity contribution in [2.24, 2.45) is 7.05 Å². The highest BCUT2D eigenvalue weighted by Crippen LogP contribution is 2.17. The fourth-order valence-electron chi connectivity index (χ4n) is 2.31. The van der Waals surface area contributed by atoms with Gasteiger partial charge in [-0.05, 0) is 25.9 Å². The zero-order valence-electron chi connectivity index (χ0n) is 11.3. The number of nitrogens with zero attached hydrogens (tertiary/aromatic N) is 5. The largest absolute Gasteiger partial charge is 0.317 e. The molecule has 3 rings (SSSR count). The fourth-order valence-corrected chi connectivity index (χ4v) is 2.31. The van der Waals surface area contributed by atoms with Crippen LogP contribution in [0.5, 0.6) is 0 Å². The standard InChI is InChI=1S/C12H17N7O/c1-18-11(4-7-14-18)15-12(20)10-8-19(17-16-10)9-2-5-13-6-3-9/h4,7-9,13H,2-3,5-6H2,1H3,(H,15,20). The lowest BCUT2D eigenvalue weighted by atomic mass is 10.1. The number of anilines is 1. The Morgan fingerprint density at radius 2 is 2.25 bits per heavy atom. The lowest BCUT2D eigenvalue weighted by Crippen LogP contribution is -2.29. The maximum atomic E-state index is 12.1. The third-order valence-corrected chi connectivity index (χ3v) is 3.49. The maximum Gasteiger partial charge on any atom is 0.278 e. The van der Waals surface area contributed by atoms with E-state index in [4.69, 9.17) is 0 Å². The van der Waals surface area contributed by atoms with E-state index in [0.29, 0.717) is 17.6 Å². The summed E-state index contributed by atoms with van der Waals surface area (Å²) in [5, 5.41) is 18.1. The van der Waals surface area contributed by atoms with Crippen LogP contribution in [0, 0.1) is 0 Å². The van der Waals surface area contributed by atoms with E-state index >= 15 is 0 Å². The number of amides is 1. The topological polar surface area (TPSA) is 89.7 Å². The van der Waals surface area contributed by atoms with E-state index < -0.39 is 0 Å². The normalized spacial score (nSPS) is 16.2. The molecule has 1 fully saturated rings. The number of carbonyl (C=O) groups excluding carboxylic acids is 1. The molecule has 2 aromatic rings. The van der Waals surface area contributed by atoms with Crippen LogP contribution in [-0.4, -0.2) is 43.8 Å². The van der Waals surface area contributed by atoms with Crippen LogP contribution in [0.4, 0.5) is 5.82 Å². The van der Waals surface area contributed by atoms with E-state index in [1.165, 1.54) is 0 Å². The Morgan fingerprint density at radius 1 is 1.45 bits per heavy atom. The SMILES string of the molecule is Cn1nccc1NC(=O)c1cn(C2CCNCC2)nn1. The molecule has 0 saturated carbocycles. The first-order valence-corrected chi connectivity index (χ1v) is 6.66. The minimum atomic E-state index is -0.270. The number of hydrogen-bond donors (Lipinski definition) is 2. The van der Waals surface area contributed by atoms with Gasteiger partial charge in [-0.25, -0.2) is 4.68 Å². The van der Waals surface area contributed by atoms with E-state index in [-0.39, 0.29) is 5.91 Å². The van der Waals surface area contributed by atoms with E-state index in [9.17, 15) is 4.79 Å². The number of aromatic nitrogens is 5. The molecule has 106 valence electrons. The summed E-state index contributed by atoms with van der Waals surface area (Å²) < 4.78 is 3.38. The van der Waals surface area contributed by atoms with Crippen molar-refractivity contribution in [3.8, 4) is 0 Å². The van der Waals surface area contributed by atoms with Gasteiger partial charge in [0.2, 0.25) is 0 Å². The summed E-state index contributed by atoms with van der Waals surface area (Å²) in [4.78, 5) is 12.1. The molecule has 2 N–H and O–H groups in total. The number of hydrogen-bond acceptors (Lipinski definition) is 5. The minimum absolute atomic E-state index is 0.270. The third-order valence-electron chi connectivity index (χ3n) is 3.49. The quantitative estimate of drug-likeness (QED) is 0.834. The lowest BCUT2D eigenvalue weighted by molar-refractivity contribution is 0.102. The second-order valence-electron chi connectivity index (χ2n) is 4.86. The predicted molar refractivity (Wildman–Crippen MR) is 72.3 cm³/mol. The van der Waals surface area contributed by atoms with Crippen molar-refractivity contribution in [3.63, 3.8) is 0 Å². The first-order chi connectivity index (χ1) is 9.74. The molecule has 8 nitrogen and oxygen atoms in total. The smallest absolute Gasteiger partial charge is 0.278 e. The van der Waals surface area contributed by atoms with Gasteiger partial charge in [0.1, 0.15) is 5.82 Å². The molecule has 0 spiro atoms. The second kappa shape index (κ2) is 5.41. The number of piperidine rings is 1. The van der Waals surface area contributed by atoms with Crippen molar-refractivity contribution in [2.45, 2.75) is 18.9 Å². The molecule has 20 heavy (non-hydrogen) atoms. The van der Waals surface area contributed by atoms with Crippen LogP contribution < -0.4 is 10.6 Å². The molecule has 1 aliphatic heterocycles. The Balaban J connectivity index is 1.69. The number of nitrogens with one attached hydrogen (secondary N) is 2. The van der Waals surface area contributed by atoms with Crippen LogP contribution in [-0.2, 0) is 7.05 Å². The maximum absolute atomic E-state index is 12.1. The Labute approximate surface area is 116 Å². The Bertz CT molecular complexity index is 596. The predicted octanol–water partition coefficient (Wildman–Crippen LogP) is 0.188. The fraction of sp³-hybridized carbons (Fsp3) is 0.500. The van der Waals surface area contributed by atoms with Crippen molar-refractivity contribution < 1.29 is 4.79 Å². The summed E-state index contributed by atoms with van der Waals surface area (Å²) in [6.45, 7) is 1.95. The zero-order valence-corrected chi connectivity index (χ0v) is 11.3. The van der Waals surface area contributed by atoms with E-state index in [2.05, 4.69) is 26.0 Å². The summed E-state index contributed by atoms with van der Waals surface area (Å²) >= 11 is 0. The summed E-state index contributed by atoms with van der Waals surface area (Å²) in [7, 11) is 1.77. The molecule has 0 radical (unpaired) electrons. The Hall–Kier alpha value is -2.22. The molecule has 0 aromatic carbocycles. The van der Waals surface area contributed by atoms with Crippen molar-refractivity contribution in [1.82, 2.24) is 30.1 Å². The van der Waals surface area contributed by atoms with Crippen LogP contribution in [0.25, 0.3) is 0 Å². The molecule has 0 aliphatic carbocycles. The number of aryl methyl sites for hydroxylation is 1. The van der Waals surface area contributed by atoms with Crippen molar-refractivity contribution in [1.29, 1.82) is 0 Å². The van der Waals surface area contributed by atoms with Crippen LogP contribution in [0.2, 0.25) is 0 Å². The summed E-state index contributed by atoms with van der Waals surface area (Å²) in [5.74, 6) is 0.361. The highest BCUT2D eigenvalue weighted by Gasteiger charge is 2.19. The molecule has 2 aromatic heterocycles. The minimum Gasteiger partial charge on any atom is -0.317 e. The number of rotatable bonds is 3. The third kappa shape index (κ3) is 2.55. The summed E-state index contributed by atoms with van der Waals surface area (Å²) in [6.07, 6.45) is 5.35. The molecule has 8 heteroatoms. The monoisotopic (exact) mass is 275 g/mol. The van der Waals surface area contributed by atoms with Gasteiger partial charge >= 0.3 is 0 Å². The molecular weight excluding hydrogens is 258 g/mol. The van der Waals surface area contributed by atoms with Gasteiger partial charge in [-0.15, -0.1) is 5.10 Å². The summed E-state index contributed by atoms with van der Waals surface area (Å²) in [5.41, 5.74) is 0.324. The van der Waals surface area contributed by atoms with Gasteiger partial charge in [0.15, 0.2) is 5.69 Å². The van der Waals surface area contributed by atoms with Gasteiger partial charge in [-0.3, -0.25) is 9.48 Å². The van der Waals surface area contributed by atoms with Gasteiger partial charge < -0.3 is 10.6 Å². The highest BCUT2D eigenvalue weighted by molar-refractivity contribution is 6.02. The van der Waals surface area contributed by atoms with E-state index in [1.807, 2.05) is 0 Å². The molecule has 1 saturated heterocycles. The average molecular weight is 275 g/mol. The molecule has 1 aliphatic rings. The molecular formula is C12H17N7O. The van der Waals surface area contributed by atoms with E-state index in [1.54, 1.807) is 34.9 Å². The molecule has 1 amide bonds. The van der Waals surface area contributed by atoms with Crippen molar-refractivity contribution >= 4 is 11.7 Å². The van der Waals surface area contributed by atoms with Gasteiger partial charge in [-0.1, -0.05) is 5.21 Å². The van der Waals surface area contributed by atoms with Crippen LogP contribution in [0.15, 0.2) is 18.5 Å². The van der Waals surface area contributed by atoms with E-state index in [0.717, 1.165) is 25.9 Å². The molecule has 3 heterocycles. The first-order valence-electron chi connectivity index (χ1n) is 6.66. The average Bonchev–Trinajstić information content (AvgIpc) is 3.10. The van der Waals surface area contributed by atoms with Crippen molar-refractivity contribution in [2.75, 3.05) is 18.4 Å². The molecule has 0 unspecified atom stereocenters. The lowest BCUT2D eigenvalue weighted by Gasteiger charge is -2.22. The van der Waals surface area contributed by atoms with Gasteiger partial charge in [0, 0.05) is 13.1 Å². The van der Waals surface area contributed by atoms with Crippen molar-refractivity contribution in [3.05, 3.63) is 24.2 Å². The van der Waals surface area contributed by atoms with Crippen LogP contribution in [0.1, 0.15) is 29.4 Å². The summed E-state index contributed by atoms with van der Waals surface area (Å²) in [6, 6.07) is 2.05. The molecule has 0 atom stereocenters. The highest BCUT2D eigenvalue weighted by atomic mass is 16.2.